The first-order valence-corrected chi connectivity index (χ1v) is 7.38. The Balaban J connectivity index is 1.47. The van der Waals surface area contributed by atoms with Crippen LogP contribution < -0.4 is 0 Å². The molecule has 106 valence electrons. The number of benzene rings is 1. The van der Waals surface area contributed by atoms with Crippen molar-refractivity contribution in [2.24, 2.45) is 0 Å². The molecular weight excluding hydrogens is 250 g/mol. The summed E-state index contributed by atoms with van der Waals surface area (Å²) in [5.74, 6) is 2.04. The summed E-state index contributed by atoms with van der Waals surface area (Å²) in [5.41, 5.74) is 1.42. The third-order valence-electron chi connectivity index (χ3n) is 4.06. The van der Waals surface area contributed by atoms with Crippen molar-refractivity contribution in [1.29, 1.82) is 0 Å². The molecule has 0 unspecified atom stereocenters. The molecule has 0 spiro atoms. The van der Waals surface area contributed by atoms with Crippen LogP contribution in [0.1, 0.15) is 36.0 Å². The van der Waals surface area contributed by atoms with Gasteiger partial charge >= 0.3 is 0 Å². The Bertz CT molecular complexity index is 530. The fraction of sp³-hybridized carbons (Fsp3) is 0.500. The predicted molar refractivity (Wildman–Crippen MR) is 77.6 cm³/mol. The SMILES string of the molecule is Cc1nc(C2CCN(CCc3ccccc3)CC2)no1. The zero-order chi connectivity index (χ0) is 13.8. The molecule has 1 aliphatic heterocycles. The molecule has 1 aromatic heterocycles. The van der Waals surface area contributed by atoms with E-state index in [1.165, 1.54) is 5.56 Å². The van der Waals surface area contributed by atoms with E-state index in [0.717, 1.165) is 44.7 Å². The van der Waals surface area contributed by atoms with Gasteiger partial charge in [0.05, 0.1) is 0 Å². The minimum Gasteiger partial charge on any atom is -0.340 e. The molecule has 0 bridgehead atoms. The van der Waals surface area contributed by atoms with E-state index in [1.807, 2.05) is 6.92 Å². The summed E-state index contributed by atoms with van der Waals surface area (Å²) in [6.07, 6.45) is 3.40. The maximum absolute atomic E-state index is 5.08. The number of aryl methyl sites for hydroxylation is 1. The van der Waals surface area contributed by atoms with Crippen molar-refractivity contribution < 1.29 is 4.52 Å². The van der Waals surface area contributed by atoms with Crippen molar-refractivity contribution >= 4 is 0 Å². The first kappa shape index (κ1) is 13.3. The Morgan fingerprint density at radius 3 is 2.60 bits per heavy atom. The van der Waals surface area contributed by atoms with Crippen LogP contribution in [-0.2, 0) is 6.42 Å². The van der Waals surface area contributed by atoms with Gasteiger partial charge in [-0.15, -0.1) is 0 Å². The van der Waals surface area contributed by atoms with E-state index in [1.54, 1.807) is 0 Å². The maximum Gasteiger partial charge on any atom is 0.223 e. The van der Waals surface area contributed by atoms with Crippen LogP contribution in [0, 0.1) is 6.92 Å². The molecule has 2 aromatic rings. The molecule has 1 saturated heterocycles. The van der Waals surface area contributed by atoms with E-state index in [9.17, 15) is 0 Å². The quantitative estimate of drug-likeness (QED) is 0.857. The van der Waals surface area contributed by atoms with Gasteiger partial charge in [0.25, 0.3) is 0 Å². The third kappa shape index (κ3) is 3.25. The second kappa shape index (κ2) is 6.18. The summed E-state index contributed by atoms with van der Waals surface area (Å²) >= 11 is 0. The average molecular weight is 271 g/mol. The number of hydrogen-bond donors (Lipinski definition) is 0. The van der Waals surface area contributed by atoms with Crippen LogP contribution in [0.25, 0.3) is 0 Å². The van der Waals surface area contributed by atoms with Crippen molar-refractivity contribution in [1.82, 2.24) is 15.0 Å². The zero-order valence-electron chi connectivity index (χ0n) is 12.0. The lowest BCUT2D eigenvalue weighted by Gasteiger charge is -2.30. The minimum absolute atomic E-state index is 0.473. The van der Waals surface area contributed by atoms with Crippen molar-refractivity contribution in [3.05, 3.63) is 47.6 Å². The van der Waals surface area contributed by atoms with Crippen LogP contribution in [0.4, 0.5) is 0 Å². The second-order valence-corrected chi connectivity index (χ2v) is 5.52. The van der Waals surface area contributed by atoms with Crippen LogP contribution in [0.5, 0.6) is 0 Å². The van der Waals surface area contributed by atoms with Crippen LogP contribution in [0.3, 0.4) is 0 Å². The highest BCUT2D eigenvalue weighted by atomic mass is 16.5. The van der Waals surface area contributed by atoms with Crippen molar-refractivity contribution in [3.63, 3.8) is 0 Å². The fourth-order valence-electron chi connectivity index (χ4n) is 2.83. The highest BCUT2D eigenvalue weighted by molar-refractivity contribution is 5.14. The highest BCUT2D eigenvalue weighted by Crippen LogP contribution is 2.25. The van der Waals surface area contributed by atoms with Crippen LogP contribution in [0.2, 0.25) is 0 Å². The lowest BCUT2D eigenvalue weighted by molar-refractivity contribution is 0.209. The largest absolute Gasteiger partial charge is 0.340 e. The molecule has 0 radical (unpaired) electrons. The van der Waals surface area contributed by atoms with E-state index < -0.39 is 0 Å². The summed E-state index contributed by atoms with van der Waals surface area (Å²) in [4.78, 5) is 6.89. The Hall–Kier alpha value is -1.68. The molecule has 0 aliphatic carbocycles. The highest BCUT2D eigenvalue weighted by Gasteiger charge is 2.23. The van der Waals surface area contributed by atoms with E-state index in [4.69, 9.17) is 4.52 Å². The van der Waals surface area contributed by atoms with Crippen molar-refractivity contribution in [2.45, 2.75) is 32.1 Å². The molecule has 4 heteroatoms. The van der Waals surface area contributed by atoms with E-state index >= 15 is 0 Å². The van der Waals surface area contributed by atoms with Crippen LogP contribution in [-0.4, -0.2) is 34.7 Å². The molecule has 4 nitrogen and oxygen atoms in total. The topological polar surface area (TPSA) is 42.2 Å². The van der Waals surface area contributed by atoms with Gasteiger partial charge in [0, 0.05) is 19.4 Å². The maximum atomic E-state index is 5.08. The molecule has 2 heterocycles. The summed E-state index contributed by atoms with van der Waals surface area (Å²) in [5, 5.41) is 4.05. The Morgan fingerprint density at radius 2 is 1.95 bits per heavy atom. The smallest absolute Gasteiger partial charge is 0.223 e. The van der Waals surface area contributed by atoms with E-state index in [0.29, 0.717) is 11.8 Å². The van der Waals surface area contributed by atoms with E-state index in [-0.39, 0.29) is 0 Å². The molecular formula is C16H21N3O. The molecule has 1 fully saturated rings. The Labute approximate surface area is 119 Å². The number of piperidine rings is 1. The van der Waals surface area contributed by atoms with Gasteiger partial charge in [0.15, 0.2) is 5.82 Å². The molecule has 0 amide bonds. The van der Waals surface area contributed by atoms with Gasteiger partial charge in [-0.2, -0.15) is 4.98 Å². The molecule has 3 rings (SSSR count). The van der Waals surface area contributed by atoms with Crippen LogP contribution >= 0.6 is 0 Å². The van der Waals surface area contributed by atoms with E-state index in [2.05, 4.69) is 45.4 Å². The van der Waals surface area contributed by atoms with Crippen LogP contribution in [0.15, 0.2) is 34.9 Å². The molecule has 0 saturated carbocycles. The Morgan fingerprint density at radius 1 is 1.20 bits per heavy atom. The second-order valence-electron chi connectivity index (χ2n) is 5.52. The van der Waals surface area contributed by atoms with Gasteiger partial charge in [-0.05, 0) is 37.9 Å². The number of likely N-dealkylation sites (tertiary alicyclic amines) is 1. The van der Waals surface area contributed by atoms with Gasteiger partial charge < -0.3 is 9.42 Å². The predicted octanol–water partition coefficient (Wildman–Crippen LogP) is 2.80. The molecule has 0 N–H and O–H groups in total. The van der Waals surface area contributed by atoms with Crippen molar-refractivity contribution in [2.75, 3.05) is 19.6 Å². The number of hydrogen-bond acceptors (Lipinski definition) is 4. The number of aromatic nitrogens is 2. The summed E-state index contributed by atoms with van der Waals surface area (Å²) in [6.45, 7) is 5.25. The monoisotopic (exact) mass is 271 g/mol. The normalized spacial score (nSPS) is 17.4. The lowest BCUT2D eigenvalue weighted by Crippen LogP contribution is -2.34. The number of rotatable bonds is 4. The first-order chi connectivity index (χ1) is 9.81. The van der Waals surface area contributed by atoms with Crippen molar-refractivity contribution in [3.8, 4) is 0 Å². The van der Waals surface area contributed by atoms with Gasteiger partial charge in [0.2, 0.25) is 5.89 Å². The average Bonchev–Trinajstić information content (AvgIpc) is 2.93. The van der Waals surface area contributed by atoms with Gasteiger partial charge in [0.1, 0.15) is 0 Å². The zero-order valence-corrected chi connectivity index (χ0v) is 12.0. The summed E-state index contributed by atoms with van der Waals surface area (Å²) in [6, 6.07) is 10.7. The first-order valence-electron chi connectivity index (χ1n) is 7.38. The van der Waals surface area contributed by atoms with Gasteiger partial charge in [-0.3, -0.25) is 0 Å². The van der Waals surface area contributed by atoms with Gasteiger partial charge in [-0.25, -0.2) is 0 Å². The molecule has 1 aromatic carbocycles. The number of nitrogens with zero attached hydrogens (tertiary/aromatic N) is 3. The third-order valence-corrected chi connectivity index (χ3v) is 4.06. The molecule has 20 heavy (non-hydrogen) atoms. The summed E-state index contributed by atoms with van der Waals surface area (Å²) < 4.78 is 5.08. The Kier molecular flexibility index (Phi) is 4.11. The fourth-order valence-corrected chi connectivity index (χ4v) is 2.83. The lowest BCUT2D eigenvalue weighted by atomic mass is 9.96. The summed E-state index contributed by atoms with van der Waals surface area (Å²) in [7, 11) is 0. The van der Waals surface area contributed by atoms with Gasteiger partial charge in [-0.1, -0.05) is 35.5 Å². The molecule has 1 aliphatic rings. The molecule has 0 atom stereocenters. The standard InChI is InChI=1S/C16H21N3O/c1-13-17-16(18-20-13)15-8-11-19(12-9-15)10-7-14-5-3-2-4-6-14/h2-6,15H,7-12H2,1H3. The minimum atomic E-state index is 0.473.